The molecule has 2 heterocycles. The Morgan fingerprint density at radius 1 is 1.16 bits per heavy atom. The number of rotatable bonds is 6. The van der Waals surface area contributed by atoms with Gasteiger partial charge in [-0.2, -0.15) is 0 Å². The number of carbonyl (C=O) groups is 1. The summed E-state index contributed by atoms with van der Waals surface area (Å²) in [4.78, 5) is 19.4. The molecule has 0 saturated carbocycles. The lowest BCUT2D eigenvalue weighted by Crippen LogP contribution is -2.29. The van der Waals surface area contributed by atoms with Crippen LogP contribution >= 0.6 is 22.9 Å². The van der Waals surface area contributed by atoms with E-state index in [1.807, 2.05) is 24.3 Å². The quantitative estimate of drug-likeness (QED) is 0.427. The Morgan fingerprint density at radius 3 is 2.56 bits per heavy atom. The van der Waals surface area contributed by atoms with E-state index in [9.17, 15) is 9.18 Å². The Kier molecular flexibility index (Phi) is 6.77. The zero-order valence-corrected chi connectivity index (χ0v) is 19.3. The first kappa shape index (κ1) is 22.3. The van der Waals surface area contributed by atoms with Crippen LogP contribution in [-0.2, 0) is 0 Å². The molecule has 3 aromatic rings. The van der Waals surface area contributed by atoms with E-state index in [4.69, 9.17) is 11.6 Å². The zero-order valence-electron chi connectivity index (χ0n) is 17.8. The van der Waals surface area contributed by atoms with Crippen molar-refractivity contribution in [2.45, 2.75) is 26.2 Å². The molecule has 1 saturated heterocycles. The van der Waals surface area contributed by atoms with Gasteiger partial charge in [-0.1, -0.05) is 18.2 Å². The topological polar surface area (TPSA) is 57.3 Å². The van der Waals surface area contributed by atoms with Crippen molar-refractivity contribution in [3.63, 3.8) is 0 Å². The highest BCUT2D eigenvalue weighted by molar-refractivity contribution is 7.14. The van der Waals surface area contributed by atoms with Crippen LogP contribution in [0.2, 0.25) is 5.02 Å². The third-order valence-corrected chi connectivity index (χ3v) is 6.49. The zero-order chi connectivity index (χ0) is 22.7. The van der Waals surface area contributed by atoms with Gasteiger partial charge in [0.1, 0.15) is 10.8 Å². The highest BCUT2D eigenvalue weighted by atomic mass is 35.5. The number of aromatic nitrogens is 1. The number of nitrogens with one attached hydrogen (secondary N) is 2. The van der Waals surface area contributed by atoms with Crippen molar-refractivity contribution in [2.24, 2.45) is 0 Å². The van der Waals surface area contributed by atoms with Gasteiger partial charge in [-0.15, -0.1) is 11.3 Å². The predicted molar refractivity (Wildman–Crippen MR) is 131 cm³/mol. The van der Waals surface area contributed by atoms with Crippen LogP contribution in [0.5, 0.6) is 0 Å². The summed E-state index contributed by atoms with van der Waals surface area (Å²) in [5, 5.41) is 6.81. The molecule has 1 aliphatic heterocycles. The highest BCUT2D eigenvalue weighted by Gasteiger charge is 2.18. The van der Waals surface area contributed by atoms with Gasteiger partial charge >= 0.3 is 0 Å². The second kappa shape index (κ2) is 9.71. The van der Waals surface area contributed by atoms with Crippen molar-refractivity contribution >= 4 is 50.9 Å². The second-order valence-corrected chi connectivity index (χ2v) is 9.02. The first-order valence-corrected chi connectivity index (χ1v) is 11.7. The summed E-state index contributed by atoms with van der Waals surface area (Å²) in [5.41, 5.74) is 5.43. The minimum Gasteiger partial charge on any atom is -0.372 e. The number of carbonyl (C=O) groups excluding carboxylic acids is 1. The minimum absolute atomic E-state index is 0.254. The van der Waals surface area contributed by atoms with E-state index in [0.29, 0.717) is 27.5 Å². The molecule has 0 bridgehead atoms. The van der Waals surface area contributed by atoms with E-state index in [1.54, 1.807) is 12.4 Å². The molecule has 0 atom stereocenters. The van der Waals surface area contributed by atoms with Gasteiger partial charge in [0.15, 0.2) is 5.69 Å². The van der Waals surface area contributed by atoms with Crippen molar-refractivity contribution in [1.82, 2.24) is 4.98 Å². The molecule has 1 amide bonds. The monoisotopic (exact) mass is 470 g/mol. The number of nitrogens with zero attached hydrogens (tertiary/aromatic N) is 2. The Bertz CT molecular complexity index is 1120. The fourth-order valence-electron chi connectivity index (χ4n) is 3.88. The maximum atomic E-state index is 13.6. The molecule has 0 unspecified atom stereocenters. The molecule has 2 N–H and O–H groups in total. The summed E-state index contributed by atoms with van der Waals surface area (Å²) in [7, 11) is 0. The van der Waals surface area contributed by atoms with Crippen LogP contribution in [0.1, 0.15) is 40.9 Å². The first-order chi connectivity index (χ1) is 15.4. The lowest BCUT2D eigenvalue weighted by atomic mass is 10.1. The number of hydrogen-bond donors (Lipinski definition) is 2. The number of halogens is 2. The molecule has 0 aliphatic carbocycles. The molecule has 0 radical (unpaired) electrons. The molecule has 32 heavy (non-hydrogen) atoms. The van der Waals surface area contributed by atoms with E-state index in [2.05, 4.69) is 27.1 Å². The predicted octanol–water partition coefficient (Wildman–Crippen LogP) is 6.57. The molecule has 4 rings (SSSR count). The SMILES string of the molecule is C=C(Nc1scnc1C(=O)Nc1ccc(N2CCCCC2)cc1)c1c(C)cc(F)cc1Cl. The van der Waals surface area contributed by atoms with Crippen molar-refractivity contribution in [3.05, 3.63) is 76.1 Å². The fourth-order valence-corrected chi connectivity index (χ4v) is 4.95. The number of anilines is 3. The lowest BCUT2D eigenvalue weighted by Gasteiger charge is -2.28. The molecule has 8 heteroatoms. The molecule has 1 fully saturated rings. The number of amides is 1. The maximum absolute atomic E-state index is 13.6. The third-order valence-electron chi connectivity index (χ3n) is 5.45. The average molecular weight is 471 g/mol. The van der Waals surface area contributed by atoms with E-state index in [0.717, 1.165) is 13.1 Å². The second-order valence-electron chi connectivity index (χ2n) is 7.76. The Balaban J connectivity index is 1.45. The van der Waals surface area contributed by atoms with Gasteiger partial charge in [0, 0.05) is 35.7 Å². The lowest BCUT2D eigenvalue weighted by molar-refractivity contribution is 0.102. The minimum atomic E-state index is -0.409. The van der Waals surface area contributed by atoms with E-state index in [1.165, 1.54) is 48.4 Å². The average Bonchev–Trinajstić information content (AvgIpc) is 3.22. The van der Waals surface area contributed by atoms with Gasteiger partial charge in [0.25, 0.3) is 5.91 Å². The highest BCUT2D eigenvalue weighted by Crippen LogP contribution is 2.31. The van der Waals surface area contributed by atoms with Gasteiger partial charge in [-0.25, -0.2) is 9.37 Å². The molecule has 2 aromatic carbocycles. The summed E-state index contributed by atoms with van der Waals surface area (Å²) in [6.07, 6.45) is 3.71. The Hall–Kier alpha value is -2.90. The molecule has 5 nitrogen and oxygen atoms in total. The molecule has 1 aliphatic rings. The molecule has 0 spiro atoms. The van der Waals surface area contributed by atoms with Gasteiger partial charge in [-0.05, 0) is 68.1 Å². The summed E-state index contributed by atoms with van der Waals surface area (Å²) in [5.74, 6) is -0.734. The number of benzene rings is 2. The van der Waals surface area contributed by atoms with Gasteiger partial charge in [0.05, 0.1) is 10.5 Å². The maximum Gasteiger partial charge on any atom is 0.277 e. The number of piperidine rings is 1. The smallest absolute Gasteiger partial charge is 0.277 e. The van der Waals surface area contributed by atoms with Gasteiger partial charge < -0.3 is 15.5 Å². The van der Waals surface area contributed by atoms with Crippen LogP contribution in [-0.4, -0.2) is 24.0 Å². The first-order valence-electron chi connectivity index (χ1n) is 10.4. The van der Waals surface area contributed by atoms with Crippen molar-refractivity contribution in [3.8, 4) is 0 Å². The molecule has 1 aromatic heterocycles. The van der Waals surface area contributed by atoms with Crippen LogP contribution in [0, 0.1) is 12.7 Å². The number of thiazole rings is 1. The Morgan fingerprint density at radius 2 is 1.88 bits per heavy atom. The van der Waals surface area contributed by atoms with Crippen LogP contribution in [0.3, 0.4) is 0 Å². The summed E-state index contributed by atoms with van der Waals surface area (Å²) in [6.45, 7) is 7.91. The molecular weight excluding hydrogens is 447 g/mol. The van der Waals surface area contributed by atoms with Crippen molar-refractivity contribution < 1.29 is 9.18 Å². The van der Waals surface area contributed by atoms with Gasteiger partial charge in [0.2, 0.25) is 0 Å². The standard InChI is InChI=1S/C24H24ClFN4OS/c1-15-12-17(26)13-20(25)21(15)16(2)28-24-22(27-14-32-24)23(31)29-18-6-8-19(9-7-18)30-10-4-3-5-11-30/h6-9,12-14,28H,2-5,10-11H2,1H3,(H,29,31). The van der Waals surface area contributed by atoms with Crippen molar-refractivity contribution in [1.29, 1.82) is 0 Å². The van der Waals surface area contributed by atoms with Crippen LogP contribution in [0.15, 0.2) is 48.5 Å². The van der Waals surface area contributed by atoms with E-state index in [-0.39, 0.29) is 16.6 Å². The van der Waals surface area contributed by atoms with Crippen molar-refractivity contribution in [2.75, 3.05) is 28.6 Å². The van der Waals surface area contributed by atoms with Crippen LogP contribution in [0.4, 0.5) is 20.8 Å². The third kappa shape index (κ3) is 4.95. The number of hydrogen-bond acceptors (Lipinski definition) is 5. The largest absolute Gasteiger partial charge is 0.372 e. The van der Waals surface area contributed by atoms with Gasteiger partial charge in [-0.3, -0.25) is 4.79 Å². The summed E-state index contributed by atoms with van der Waals surface area (Å²) in [6, 6.07) is 10.5. The summed E-state index contributed by atoms with van der Waals surface area (Å²) < 4.78 is 13.6. The van der Waals surface area contributed by atoms with E-state index >= 15 is 0 Å². The molecular formula is C24H24ClFN4OS. The van der Waals surface area contributed by atoms with Crippen LogP contribution < -0.4 is 15.5 Å². The van der Waals surface area contributed by atoms with E-state index < -0.39 is 5.82 Å². The normalized spacial score (nSPS) is 13.7. The fraction of sp³-hybridized carbons (Fsp3) is 0.250. The summed E-state index contributed by atoms with van der Waals surface area (Å²) >= 11 is 7.49. The van der Waals surface area contributed by atoms with Crippen LogP contribution in [0.25, 0.3) is 5.70 Å². The Labute approximate surface area is 195 Å². The number of aryl methyl sites for hydroxylation is 1. The molecule has 166 valence electrons.